The van der Waals surface area contributed by atoms with Gasteiger partial charge in [-0.2, -0.15) is 4.98 Å². The number of ether oxygens (including phenoxy) is 1. The van der Waals surface area contributed by atoms with E-state index in [4.69, 9.17) is 9.26 Å². The largest absolute Gasteiger partial charge is 0.497 e. The Kier molecular flexibility index (Phi) is 4.98. The van der Waals surface area contributed by atoms with Crippen molar-refractivity contribution in [1.29, 1.82) is 0 Å². The first-order chi connectivity index (χ1) is 9.36. The van der Waals surface area contributed by atoms with Gasteiger partial charge in [0.2, 0.25) is 11.7 Å². The smallest absolute Gasteiger partial charge is 0.231 e. The van der Waals surface area contributed by atoms with E-state index >= 15 is 0 Å². The lowest BCUT2D eigenvalue weighted by molar-refractivity contribution is 0.322. The zero-order valence-corrected chi connectivity index (χ0v) is 12.2. The van der Waals surface area contributed by atoms with E-state index in [-0.39, 0.29) is 12.4 Å². The molecule has 1 aliphatic heterocycles. The minimum Gasteiger partial charge on any atom is -0.497 e. The first kappa shape index (κ1) is 14.8. The van der Waals surface area contributed by atoms with E-state index in [1.807, 2.05) is 24.3 Å². The van der Waals surface area contributed by atoms with Crippen molar-refractivity contribution in [3.63, 3.8) is 0 Å². The number of rotatable bonds is 3. The van der Waals surface area contributed by atoms with Crippen LogP contribution in [0.25, 0.3) is 11.4 Å². The average Bonchev–Trinajstić information content (AvgIpc) is 2.98. The molecule has 0 bridgehead atoms. The van der Waals surface area contributed by atoms with Gasteiger partial charge >= 0.3 is 0 Å². The van der Waals surface area contributed by atoms with Gasteiger partial charge in [0.1, 0.15) is 5.75 Å². The van der Waals surface area contributed by atoms with Crippen molar-refractivity contribution >= 4 is 12.4 Å². The van der Waals surface area contributed by atoms with Crippen LogP contribution in [-0.2, 0) is 0 Å². The first-order valence-electron chi connectivity index (χ1n) is 6.55. The van der Waals surface area contributed by atoms with E-state index in [2.05, 4.69) is 15.5 Å². The van der Waals surface area contributed by atoms with Gasteiger partial charge in [0.15, 0.2) is 0 Å². The van der Waals surface area contributed by atoms with E-state index < -0.39 is 0 Å². The number of aromatic nitrogens is 2. The molecule has 1 saturated heterocycles. The third-order valence-corrected chi connectivity index (χ3v) is 3.44. The van der Waals surface area contributed by atoms with Crippen LogP contribution in [0.3, 0.4) is 0 Å². The molecule has 1 unspecified atom stereocenters. The summed E-state index contributed by atoms with van der Waals surface area (Å²) in [7, 11) is 1.65. The summed E-state index contributed by atoms with van der Waals surface area (Å²) in [5.74, 6) is 2.54. The fourth-order valence-electron chi connectivity index (χ4n) is 2.32. The molecule has 6 heteroatoms. The number of halogens is 1. The van der Waals surface area contributed by atoms with Crippen LogP contribution in [0.4, 0.5) is 0 Å². The van der Waals surface area contributed by atoms with Gasteiger partial charge in [-0.15, -0.1) is 12.4 Å². The van der Waals surface area contributed by atoms with Crippen LogP contribution in [0.5, 0.6) is 5.75 Å². The lowest BCUT2D eigenvalue weighted by Gasteiger charge is -2.18. The molecule has 1 atom stereocenters. The van der Waals surface area contributed by atoms with E-state index in [1.54, 1.807) is 7.11 Å². The van der Waals surface area contributed by atoms with Crippen molar-refractivity contribution in [2.45, 2.75) is 18.8 Å². The maximum absolute atomic E-state index is 5.38. The van der Waals surface area contributed by atoms with Crippen molar-refractivity contribution in [2.24, 2.45) is 0 Å². The summed E-state index contributed by atoms with van der Waals surface area (Å²) in [4.78, 5) is 4.50. The summed E-state index contributed by atoms with van der Waals surface area (Å²) >= 11 is 0. The summed E-state index contributed by atoms with van der Waals surface area (Å²) < 4.78 is 10.5. The molecule has 2 heterocycles. The lowest BCUT2D eigenvalue weighted by atomic mass is 10.00. The second-order valence-corrected chi connectivity index (χ2v) is 4.73. The third kappa shape index (κ3) is 3.11. The highest BCUT2D eigenvalue weighted by molar-refractivity contribution is 5.85. The molecule has 0 saturated carbocycles. The highest BCUT2D eigenvalue weighted by Gasteiger charge is 2.21. The van der Waals surface area contributed by atoms with Gasteiger partial charge in [0.05, 0.1) is 13.0 Å². The molecule has 108 valence electrons. The van der Waals surface area contributed by atoms with Crippen molar-refractivity contribution in [2.75, 3.05) is 20.2 Å². The lowest BCUT2D eigenvalue weighted by Crippen LogP contribution is -2.28. The molecule has 5 nitrogen and oxygen atoms in total. The predicted molar refractivity (Wildman–Crippen MR) is 78.4 cm³/mol. The zero-order chi connectivity index (χ0) is 13.1. The molecule has 0 aliphatic carbocycles. The average molecular weight is 296 g/mol. The summed E-state index contributed by atoms with van der Waals surface area (Å²) in [5, 5.41) is 7.42. The van der Waals surface area contributed by atoms with E-state index in [9.17, 15) is 0 Å². The molecular formula is C14H18ClN3O2. The molecule has 0 radical (unpaired) electrons. The SMILES string of the molecule is COc1ccc(-c2noc(C3CCCNC3)n2)cc1.Cl. The number of methoxy groups -OCH3 is 1. The van der Waals surface area contributed by atoms with Crippen LogP contribution in [0.1, 0.15) is 24.7 Å². The van der Waals surface area contributed by atoms with Crippen LogP contribution in [-0.4, -0.2) is 30.3 Å². The van der Waals surface area contributed by atoms with Gasteiger partial charge in [0.25, 0.3) is 0 Å². The number of benzene rings is 1. The summed E-state index contributed by atoms with van der Waals surface area (Å²) in [5.41, 5.74) is 0.944. The van der Waals surface area contributed by atoms with Crippen molar-refractivity contribution in [3.8, 4) is 17.1 Å². The molecule has 1 aliphatic rings. The fourth-order valence-corrected chi connectivity index (χ4v) is 2.32. The molecule has 1 aromatic heterocycles. The second kappa shape index (κ2) is 6.72. The second-order valence-electron chi connectivity index (χ2n) is 4.73. The summed E-state index contributed by atoms with van der Waals surface area (Å²) in [6.07, 6.45) is 2.27. The molecular weight excluding hydrogens is 278 g/mol. The van der Waals surface area contributed by atoms with Crippen molar-refractivity contribution in [1.82, 2.24) is 15.5 Å². The Morgan fingerprint density at radius 2 is 2.10 bits per heavy atom. The van der Waals surface area contributed by atoms with Gasteiger partial charge in [-0.25, -0.2) is 0 Å². The van der Waals surface area contributed by atoms with E-state index in [0.29, 0.717) is 11.7 Å². The molecule has 0 amide bonds. The van der Waals surface area contributed by atoms with E-state index in [0.717, 1.165) is 43.1 Å². The van der Waals surface area contributed by atoms with Crippen LogP contribution in [0, 0.1) is 0 Å². The number of nitrogens with zero attached hydrogens (tertiary/aromatic N) is 2. The molecule has 0 spiro atoms. The molecule has 2 aromatic rings. The molecule has 20 heavy (non-hydrogen) atoms. The standard InChI is InChI=1S/C14H17N3O2.ClH/c1-18-12-6-4-10(5-7-12)13-16-14(19-17-13)11-3-2-8-15-9-11;/h4-7,11,15H,2-3,8-9H2,1H3;1H. The minimum absolute atomic E-state index is 0. The Morgan fingerprint density at radius 3 is 2.75 bits per heavy atom. The Morgan fingerprint density at radius 1 is 1.30 bits per heavy atom. The summed E-state index contributed by atoms with van der Waals surface area (Å²) in [6, 6.07) is 7.67. The zero-order valence-electron chi connectivity index (χ0n) is 11.3. The predicted octanol–water partition coefficient (Wildman–Crippen LogP) is 2.63. The number of piperidine rings is 1. The Bertz CT molecular complexity index is 536. The number of hydrogen-bond acceptors (Lipinski definition) is 5. The maximum Gasteiger partial charge on any atom is 0.231 e. The number of hydrogen-bond donors (Lipinski definition) is 1. The van der Waals surface area contributed by atoms with Gasteiger partial charge in [-0.05, 0) is 43.7 Å². The van der Waals surface area contributed by atoms with Crippen LogP contribution in [0.2, 0.25) is 0 Å². The van der Waals surface area contributed by atoms with Gasteiger partial charge in [-0.3, -0.25) is 0 Å². The van der Waals surface area contributed by atoms with Crippen molar-refractivity contribution in [3.05, 3.63) is 30.2 Å². The molecule has 3 rings (SSSR count). The molecule has 1 N–H and O–H groups in total. The normalized spacial score (nSPS) is 18.4. The van der Waals surface area contributed by atoms with Gasteiger partial charge < -0.3 is 14.6 Å². The monoisotopic (exact) mass is 295 g/mol. The van der Waals surface area contributed by atoms with Crippen molar-refractivity contribution < 1.29 is 9.26 Å². The van der Waals surface area contributed by atoms with Crippen LogP contribution < -0.4 is 10.1 Å². The Balaban J connectivity index is 0.00000147. The quantitative estimate of drug-likeness (QED) is 0.943. The first-order valence-corrected chi connectivity index (χ1v) is 6.55. The Labute approximate surface area is 124 Å². The van der Waals surface area contributed by atoms with Crippen LogP contribution >= 0.6 is 12.4 Å². The number of nitrogens with one attached hydrogen (secondary N) is 1. The molecule has 1 fully saturated rings. The van der Waals surface area contributed by atoms with Gasteiger partial charge in [-0.1, -0.05) is 5.16 Å². The fraction of sp³-hybridized carbons (Fsp3) is 0.429. The minimum atomic E-state index is 0. The maximum atomic E-state index is 5.38. The van der Waals surface area contributed by atoms with E-state index in [1.165, 1.54) is 0 Å². The third-order valence-electron chi connectivity index (χ3n) is 3.44. The van der Waals surface area contributed by atoms with Gasteiger partial charge in [0, 0.05) is 12.1 Å². The van der Waals surface area contributed by atoms with Crippen LogP contribution in [0.15, 0.2) is 28.8 Å². The highest BCUT2D eigenvalue weighted by atomic mass is 35.5. The Hall–Kier alpha value is -1.59. The highest BCUT2D eigenvalue weighted by Crippen LogP contribution is 2.25. The summed E-state index contributed by atoms with van der Waals surface area (Å²) in [6.45, 7) is 2.00. The molecule has 1 aromatic carbocycles. The topological polar surface area (TPSA) is 60.2 Å².